The second-order valence-electron chi connectivity index (χ2n) is 10.8. The molecule has 2 atom stereocenters. The van der Waals surface area contributed by atoms with Gasteiger partial charge in [-0.15, -0.1) is 11.3 Å². The van der Waals surface area contributed by atoms with Crippen LogP contribution < -0.4 is 4.90 Å². The first kappa shape index (κ1) is 25.4. The Bertz CT molecular complexity index is 1260. The second kappa shape index (κ2) is 10.3. The molecule has 0 saturated carbocycles. The van der Waals surface area contributed by atoms with E-state index < -0.39 is 5.60 Å². The highest BCUT2D eigenvalue weighted by molar-refractivity contribution is 7.18. The molecule has 5 rings (SSSR count). The Labute approximate surface area is 222 Å². The number of nitrogens with zero attached hydrogens (tertiary/aromatic N) is 5. The Morgan fingerprint density at radius 2 is 1.76 bits per heavy atom. The van der Waals surface area contributed by atoms with Gasteiger partial charge in [-0.25, -0.2) is 14.8 Å². The number of aryl methyl sites for hydroxylation is 1. The van der Waals surface area contributed by atoms with Crippen molar-refractivity contribution < 1.29 is 14.3 Å². The summed E-state index contributed by atoms with van der Waals surface area (Å²) < 4.78 is 5.63. The van der Waals surface area contributed by atoms with Crippen LogP contribution in [0.1, 0.15) is 44.1 Å². The zero-order valence-electron chi connectivity index (χ0n) is 22.0. The molecule has 196 valence electrons. The number of carbonyl (C=O) groups is 2. The summed E-state index contributed by atoms with van der Waals surface area (Å²) in [4.78, 5) is 44.0. The Morgan fingerprint density at radius 1 is 1.03 bits per heavy atom. The molecule has 1 aromatic carbocycles. The number of benzene rings is 1. The van der Waals surface area contributed by atoms with Gasteiger partial charge in [0.1, 0.15) is 22.6 Å². The highest BCUT2D eigenvalue weighted by atomic mass is 32.1. The van der Waals surface area contributed by atoms with Gasteiger partial charge in [-0.2, -0.15) is 0 Å². The summed E-state index contributed by atoms with van der Waals surface area (Å²) in [6.07, 6.45) is 2.26. The van der Waals surface area contributed by atoms with Gasteiger partial charge in [-0.05, 0) is 38.8 Å². The maximum absolute atomic E-state index is 13.8. The van der Waals surface area contributed by atoms with Crippen LogP contribution in [0.3, 0.4) is 0 Å². The van der Waals surface area contributed by atoms with Gasteiger partial charge in [0.05, 0.1) is 11.3 Å². The molecule has 0 bridgehead atoms. The lowest BCUT2D eigenvalue weighted by atomic mass is 9.88. The number of rotatable bonds is 4. The first-order valence-electron chi connectivity index (χ1n) is 13.0. The Balaban J connectivity index is 1.30. The van der Waals surface area contributed by atoms with Crippen molar-refractivity contribution in [2.24, 2.45) is 5.92 Å². The molecule has 2 aromatic heterocycles. The highest BCUT2D eigenvalue weighted by Crippen LogP contribution is 2.36. The van der Waals surface area contributed by atoms with Crippen LogP contribution in [0.15, 0.2) is 42.7 Å². The average molecular weight is 522 g/mol. The van der Waals surface area contributed by atoms with Gasteiger partial charge in [0.15, 0.2) is 0 Å². The maximum atomic E-state index is 13.8. The van der Waals surface area contributed by atoms with Crippen molar-refractivity contribution in [3.63, 3.8) is 0 Å². The molecule has 2 saturated heterocycles. The minimum absolute atomic E-state index is 0.0565. The topological polar surface area (TPSA) is 78.9 Å². The van der Waals surface area contributed by atoms with Crippen LogP contribution in [-0.2, 0) is 16.0 Å². The van der Waals surface area contributed by atoms with E-state index in [0.29, 0.717) is 39.3 Å². The summed E-state index contributed by atoms with van der Waals surface area (Å²) >= 11 is 1.72. The van der Waals surface area contributed by atoms with Gasteiger partial charge >= 0.3 is 6.09 Å². The number of hydrogen-bond donors (Lipinski definition) is 0. The van der Waals surface area contributed by atoms with E-state index in [2.05, 4.69) is 27.9 Å². The summed E-state index contributed by atoms with van der Waals surface area (Å²) in [7, 11) is 0. The largest absolute Gasteiger partial charge is 0.444 e. The predicted molar refractivity (Wildman–Crippen MR) is 146 cm³/mol. The maximum Gasteiger partial charge on any atom is 0.410 e. The highest BCUT2D eigenvalue weighted by Gasteiger charge is 2.43. The predicted octanol–water partition coefficient (Wildman–Crippen LogP) is 4.55. The molecule has 37 heavy (non-hydrogen) atoms. The molecular formula is C28H35N5O3S. The van der Waals surface area contributed by atoms with Crippen molar-refractivity contribution in [3.8, 4) is 0 Å². The Kier molecular flexibility index (Phi) is 7.07. The van der Waals surface area contributed by atoms with Crippen molar-refractivity contribution in [1.82, 2.24) is 19.8 Å². The van der Waals surface area contributed by atoms with Crippen LogP contribution >= 0.6 is 11.3 Å². The standard InChI is InChI=1S/C28H35N5O3S/c1-5-20-15-21-24(29-18-30-25(21)37-20)31-11-13-32(14-12-31)26(34)23-17-33(27(35)36-28(2,3)4)16-22(23)19-9-7-6-8-10-19/h6-10,15,18,22-23H,5,11-14,16-17H2,1-4H3. The van der Waals surface area contributed by atoms with E-state index in [0.717, 1.165) is 28.0 Å². The smallest absolute Gasteiger partial charge is 0.410 e. The molecule has 2 fully saturated rings. The molecule has 8 nitrogen and oxygen atoms in total. The molecule has 4 heterocycles. The Hall–Kier alpha value is -3.20. The lowest BCUT2D eigenvalue weighted by Crippen LogP contribution is -2.51. The SMILES string of the molecule is CCc1cc2c(N3CCN(C(=O)C4CN(C(=O)OC(C)(C)C)CC4c4ccccc4)CC3)ncnc2s1. The third-order valence-electron chi connectivity index (χ3n) is 7.12. The van der Waals surface area contributed by atoms with E-state index in [1.165, 1.54) is 4.88 Å². The summed E-state index contributed by atoms with van der Waals surface area (Å²) in [6.45, 7) is 11.3. The summed E-state index contributed by atoms with van der Waals surface area (Å²) in [5.41, 5.74) is 0.503. The van der Waals surface area contributed by atoms with Gasteiger partial charge in [-0.3, -0.25) is 4.79 Å². The summed E-state index contributed by atoms with van der Waals surface area (Å²) in [6, 6.07) is 12.2. The first-order valence-corrected chi connectivity index (χ1v) is 13.8. The Morgan fingerprint density at radius 3 is 2.43 bits per heavy atom. The molecule has 9 heteroatoms. The van der Waals surface area contributed by atoms with Gasteiger partial charge < -0.3 is 19.4 Å². The van der Waals surface area contributed by atoms with Crippen LogP contribution in [0.2, 0.25) is 0 Å². The molecule has 2 aliphatic heterocycles. The van der Waals surface area contributed by atoms with Crippen LogP contribution in [0, 0.1) is 5.92 Å². The summed E-state index contributed by atoms with van der Waals surface area (Å²) in [5.74, 6) is 0.707. The fourth-order valence-electron chi connectivity index (χ4n) is 5.26. The van der Waals surface area contributed by atoms with E-state index in [1.54, 1.807) is 22.6 Å². The zero-order valence-corrected chi connectivity index (χ0v) is 22.8. The molecule has 0 spiro atoms. The number of piperazine rings is 1. The van der Waals surface area contributed by atoms with Crippen LogP contribution in [0.4, 0.5) is 10.6 Å². The number of carbonyl (C=O) groups excluding carboxylic acids is 2. The number of likely N-dealkylation sites (tertiary alicyclic amines) is 1. The summed E-state index contributed by atoms with van der Waals surface area (Å²) in [5, 5.41) is 1.09. The van der Waals surface area contributed by atoms with E-state index in [9.17, 15) is 9.59 Å². The molecule has 2 unspecified atom stereocenters. The van der Waals surface area contributed by atoms with E-state index >= 15 is 0 Å². The van der Waals surface area contributed by atoms with Gasteiger partial charge in [0, 0.05) is 50.1 Å². The van der Waals surface area contributed by atoms with E-state index in [-0.39, 0.29) is 23.8 Å². The molecule has 2 aliphatic rings. The van der Waals surface area contributed by atoms with Gasteiger partial charge in [0.2, 0.25) is 5.91 Å². The van der Waals surface area contributed by atoms with Crippen molar-refractivity contribution in [2.45, 2.75) is 45.6 Å². The van der Waals surface area contributed by atoms with Crippen molar-refractivity contribution in [1.29, 1.82) is 0 Å². The molecule has 0 radical (unpaired) electrons. The monoisotopic (exact) mass is 521 g/mol. The number of amides is 2. The molecule has 3 aromatic rings. The number of anilines is 1. The fraction of sp³-hybridized carbons (Fsp3) is 0.500. The van der Waals surface area contributed by atoms with E-state index in [4.69, 9.17) is 4.74 Å². The minimum atomic E-state index is -0.579. The van der Waals surface area contributed by atoms with Crippen molar-refractivity contribution in [2.75, 3.05) is 44.2 Å². The third-order valence-corrected chi connectivity index (χ3v) is 8.30. The van der Waals surface area contributed by atoms with Gasteiger partial charge in [0.25, 0.3) is 0 Å². The van der Waals surface area contributed by atoms with Crippen LogP contribution in [0.25, 0.3) is 10.2 Å². The first-order chi connectivity index (χ1) is 17.7. The van der Waals surface area contributed by atoms with Crippen molar-refractivity contribution >= 4 is 39.4 Å². The number of aromatic nitrogens is 2. The second-order valence-corrected chi connectivity index (χ2v) is 11.9. The molecule has 0 aliphatic carbocycles. The van der Waals surface area contributed by atoms with Gasteiger partial charge in [-0.1, -0.05) is 37.3 Å². The molecular weight excluding hydrogens is 486 g/mol. The number of ether oxygens (including phenoxy) is 1. The quantitative estimate of drug-likeness (QED) is 0.501. The fourth-order valence-corrected chi connectivity index (χ4v) is 6.19. The third kappa shape index (κ3) is 5.42. The molecule has 2 amide bonds. The lowest BCUT2D eigenvalue weighted by Gasteiger charge is -2.37. The van der Waals surface area contributed by atoms with Crippen molar-refractivity contribution in [3.05, 3.63) is 53.2 Å². The average Bonchev–Trinajstić information content (AvgIpc) is 3.53. The van der Waals surface area contributed by atoms with E-state index in [1.807, 2.05) is 56.0 Å². The molecule has 0 N–H and O–H groups in total. The number of thiophene rings is 1. The number of hydrogen-bond acceptors (Lipinski definition) is 7. The zero-order chi connectivity index (χ0) is 26.2. The lowest BCUT2D eigenvalue weighted by molar-refractivity contribution is -0.135. The van der Waals surface area contributed by atoms with Crippen LogP contribution in [-0.4, -0.2) is 76.6 Å². The number of fused-ring (bicyclic) bond motifs is 1. The van der Waals surface area contributed by atoms with Crippen LogP contribution in [0.5, 0.6) is 0 Å². The normalized spacial score (nSPS) is 20.5. The minimum Gasteiger partial charge on any atom is -0.444 e.